The van der Waals surface area contributed by atoms with Crippen molar-refractivity contribution in [2.24, 2.45) is 0 Å². The number of non-ortho nitro benzene ring substituents is 1. The fourth-order valence-electron chi connectivity index (χ4n) is 2.63. The summed E-state index contributed by atoms with van der Waals surface area (Å²) >= 11 is 0. The third-order valence-electron chi connectivity index (χ3n) is 3.73. The molecule has 0 saturated heterocycles. The summed E-state index contributed by atoms with van der Waals surface area (Å²) in [5.41, 5.74) is 1.32. The maximum Gasteiger partial charge on any atom is 0.271 e. The summed E-state index contributed by atoms with van der Waals surface area (Å²) in [6.45, 7) is 0. The van der Waals surface area contributed by atoms with Crippen LogP contribution in [0.25, 0.3) is 11.0 Å². The van der Waals surface area contributed by atoms with Crippen LogP contribution in [0.5, 0.6) is 0 Å². The first-order valence-corrected chi connectivity index (χ1v) is 6.72. The molecule has 0 bridgehead atoms. The Labute approximate surface area is 115 Å². The normalized spacial score (nSPS) is 22.9. The zero-order chi connectivity index (χ0) is 14.1. The van der Waals surface area contributed by atoms with Gasteiger partial charge in [0.15, 0.2) is 0 Å². The molecule has 1 heterocycles. The van der Waals surface area contributed by atoms with Crippen molar-refractivity contribution in [1.82, 2.24) is 9.97 Å². The van der Waals surface area contributed by atoms with E-state index in [1.54, 1.807) is 6.07 Å². The summed E-state index contributed by atoms with van der Waals surface area (Å²) in [6, 6.07) is 4.50. The number of aliphatic hydroxyl groups is 1. The molecular formula is C13H16N4O3. The quantitative estimate of drug-likeness (QED) is 0.588. The van der Waals surface area contributed by atoms with Crippen molar-refractivity contribution in [3.05, 3.63) is 28.3 Å². The monoisotopic (exact) mass is 276 g/mol. The van der Waals surface area contributed by atoms with Gasteiger partial charge >= 0.3 is 0 Å². The highest BCUT2D eigenvalue weighted by molar-refractivity contribution is 5.79. The van der Waals surface area contributed by atoms with Crippen LogP contribution in [0.3, 0.4) is 0 Å². The largest absolute Gasteiger partial charge is 0.391 e. The van der Waals surface area contributed by atoms with E-state index in [2.05, 4.69) is 15.3 Å². The Morgan fingerprint density at radius 1 is 1.40 bits per heavy atom. The number of rotatable bonds is 3. The van der Waals surface area contributed by atoms with Crippen LogP contribution in [0.4, 0.5) is 11.6 Å². The van der Waals surface area contributed by atoms with Crippen LogP contribution in [0.2, 0.25) is 0 Å². The second-order valence-electron chi connectivity index (χ2n) is 5.15. The SMILES string of the molecule is O=[N+]([O-])c1ccc2nc(NC3CCCCC3O)[nH]c2c1. The number of hydrogen-bond acceptors (Lipinski definition) is 5. The van der Waals surface area contributed by atoms with Gasteiger partial charge in [0, 0.05) is 12.1 Å². The Hall–Kier alpha value is -2.15. The second-order valence-corrected chi connectivity index (χ2v) is 5.15. The van der Waals surface area contributed by atoms with E-state index in [-0.39, 0.29) is 17.8 Å². The summed E-state index contributed by atoms with van der Waals surface area (Å²) in [5.74, 6) is 0.548. The molecule has 1 aliphatic rings. The molecule has 2 unspecified atom stereocenters. The number of aliphatic hydroxyl groups excluding tert-OH is 1. The maximum atomic E-state index is 10.7. The van der Waals surface area contributed by atoms with Gasteiger partial charge in [-0.1, -0.05) is 12.8 Å². The number of aromatic amines is 1. The van der Waals surface area contributed by atoms with Crippen LogP contribution in [0, 0.1) is 10.1 Å². The molecule has 1 aromatic carbocycles. The lowest BCUT2D eigenvalue weighted by Crippen LogP contribution is -2.36. The number of nitro groups is 1. The van der Waals surface area contributed by atoms with Gasteiger partial charge < -0.3 is 15.4 Å². The molecule has 0 radical (unpaired) electrons. The minimum atomic E-state index is -0.432. The molecule has 1 saturated carbocycles. The van der Waals surface area contributed by atoms with Crippen molar-refractivity contribution >= 4 is 22.7 Å². The van der Waals surface area contributed by atoms with Gasteiger partial charge in [0.2, 0.25) is 5.95 Å². The topological polar surface area (TPSA) is 104 Å². The Kier molecular flexibility index (Phi) is 3.27. The molecule has 7 nitrogen and oxygen atoms in total. The fourth-order valence-corrected chi connectivity index (χ4v) is 2.63. The van der Waals surface area contributed by atoms with Crippen LogP contribution in [0.1, 0.15) is 25.7 Å². The highest BCUT2D eigenvalue weighted by Gasteiger charge is 2.23. The number of benzene rings is 1. The standard InChI is InChI=1S/C13H16N4O3/c18-12-4-2-1-3-10(12)15-13-14-9-6-5-8(17(19)20)7-11(9)16-13/h5-7,10,12,18H,1-4H2,(H2,14,15,16). The molecule has 106 valence electrons. The van der Waals surface area contributed by atoms with Crippen LogP contribution in [-0.4, -0.2) is 32.1 Å². The molecule has 7 heteroatoms. The summed E-state index contributed by atoms with van der Waals surface area (Å²) in [5, 5.41) is 23.8. The van der Waals surface area contributed by atoms with E-state index in [0.717, 1.165) is 25.7 Å². The number of H-pyrrole nitrogens is 1. The van der Waals surface area contributed by atoms with Crippen LogP contribution >= 0.6 is 0 Å². The van der Waals surface area contributed by atoms with Crippen molar-refractivity contribution < 1.29 is 10.0 Å². The van der Waals surface area contributed by atoms with Gasteiger partial charge in [0.05, 0.1) is 28.1 Å². The molecule has 20 heavy (non-hydrogen) atoms. The van der Waals surface area contributed by atoms with E-state index >= 15 is 0 Å². The van der Waals surface area contributed by atoms with Gasteiger partial charge in [-0.2, -0.15) is 0 Å². The molecule has 0 spiro atoms. The summed E-state index contributed by atoms with van der Waals surface area (Å²) in [7, 11) is 0. The Morgan fingerprint density at radius 2 is 2.20 bits per heavy atom. The van der Waals surface area contributed by atoms with E-state index in [0.29, 0.717) is 17.0 Å². The lowest BCUT2D eigenvalue weighted by Gasteiger charge is -2.28. The Bertz CT molecular complexity index is 640. The third-order valence-corrected chi connectivity index (χ3v) is 3.73. The number of fused-ring (bicyclic) bond motifs is 1. The van der Waals surface area contributed by atoms with E-state index in [1.165, 1.54) is 12.1 Å². The molecule has 0 amide bonds. The average Bonchev–Trinajstić information content (AvgIpc) is 2.82. The highest BCUT2D eigenvalue weighted by atomic mass is 16.6. The molecule has 0 aliphatic heterocycles. The first kappa shape index (κ1) is 12.9. The number of anilines is 1. The molecule has 2 atom stereocenters. The van der Waals surface area contributed by atoms with Crippen LogP contribution < -0.4 is 5.32 Å². The molecular weight excluding hydrogens is 260 g/mol. The summed E-state index contributed by atoms with van der Waals surface area (Å²) < 4.78 is 0. The van der Waals surface area contributed by atoms with Crippen molar-refractivity contribution in [2.45, 2.75) is 37.8 Å². The minimum Gasteiger partial charge on any atom is -0.391 e. The van der Waals surface area contributed by atoms with E-state index in [1.807, 2.05) is 0 Å². The molecule has 1 fully saturated rings. The smallest absolute Gasteiger partial charge is 0.271 e. The van der Waals surface area contributed by atoms with Gasteiger partial charge in [0.25, 0.3) is 5.69 Å². The van der Waals surface area contributed by atoms with E-state index in [9.17, 15) is 15.2 Å². The van der Waals surface area contributed by atoms with Gasteiger partial charge in [-0.05, 0) is 18.9 Å². The lowest BCUT2D eigenvalue weighted by atomic mass is 9.93. The first-order valence-electron chi connectivity index (χ1n) is 6.72. The first-order chi connectivity index (χ1) is 9.63. The fraction of sp³-hybridized carbons (Fsp3) is 0.462. The maximum absolute atomic E-state index is 10.7. The molecule has 2 aromatic rings. The third kappa shape index (κ3) is 2.44. The number of nitro benzene ring substituents is 1. The van der Waals surface area contributed by atoms with E-state index < -0.39 is 4.92 Å². The zero-order valence-corrected chi connectivity index (χ0v) is 10.9. The lowest BCUT2D eigenvalue weighted by molar-refractivity contribution is -0.384. The number of nitrogens with one attached hydrogen (secondary N) is 2. The summed E-state index contributed by atoms with van der Waals surface area (Å²) in [6.07, 6.45) is 3.46. The summed E-state index contributed by atoms with van der Waals surface area (Å²) in [4.78, 5) is 17.7. The Balaban J connectivity index is 1.83. The predicted octanol–water partition coefficient (Wildman–Crippen LogP) is 2.19. The number of aromatic nitrogens is 2. The predicted molar refractivity (Wildman–Crippen MR) is 74.6 cm³/mol. The number of hydrogen-bond donors (Lipinski definition) is 3. The van der Waals surface area contributed by atoms with Crippen LogP contribution in [0.15, 0.2) is 18.2 Å². The number of imidazole rings is 1. The average molecular weight is 276 g/mol. The molecule has 3 N–H and O–H groups in total. The van der Waals surface area contributed by atoms with Gasteiger partial charge in [0.1, 0.15) is 0 Å². The Morgan fingerprint density at radius 3 is 2.95 bits per heavy atom. The molecule has 1 aliphatic carbocycles. The van der Waals surface area contributed by atoms with Crippen LogP contribution in [-0.2, 0) is 0 Å². The molecule has 1 aromatic heterocycles. The van der Waals surface area contributed by atoms with Gasteiger partial charge in [-0.3, -0.25) is 10.1 Å². The van der Waals surface area contributed by atoms with Crippen molar-refractivity contribution in [3.63, 3.8) is 0 Å². The van der Waals surface area contributed by atoms with Gasteiger partial charge in [-0.25, -0.2) is 4.98 Å². The zero-order valence-electron chi connectivity index (χ0n) is 10.9. The second kappa shape index (κ2) is 5.09. The number of nitrogens with zero attached hydrogens (tertiary/aromatic N) is 2. The molecule has 3 rings (SSSR count). The van der Waals surface area contributed by atoms with Crippen molar-refractivity contribution in [3.8, 4) is 0 Å². The van der Waals surface area contributed by atoms with E-state index in [4.69, 9.17) is 0 Å². The van der Waals surface area contributed by atoms with Crippen molar-refractivity contribution in [1.29, 1.82) is 0 Å². The van der Waals surface area contributed by atoms with Crippen molar-refractivity contribution in [2.75, 3.05) is 5.32 Å². The highest BCUT2D eigenvalue weighted by Crippen LogP contribution is 2.24. The van der Waals surface area contributed by atoms with Gasteiger partial charge in [-0.15, -0.1) is 0 Å². The minimum absolute atomic E-state index is 0.0145.